The van der Waals surface area contributed by atoms with E-state index >= 15 is 0 Å². The molecule has 0 radical (unpaired) electrons. The molecule has 1 aromatic heterocycles. The Morgan fingerprint density at radius 3 is 2.92 bits per heavy atom. The van der Waals surface area contributed by atoms with Crippen LogP contribution in [0, 0.1) is 6.92 Å². The van der Waals surface area contributed by atoms with E-state index < -0.39 is 0 Å². The zero-order chi connectivity index (χ0) is 17.1. The highest BCUT2D eigenvalue weighted by atomic mass is 32.1. The van der Waals surface area contributed by atoms with Crippen LogP contribution in [0.2, 0.25) is 0 Å². The lowest BCUT2D eigenvalue weighted by atomic mass is 10.1. The predicted molar refractivity (Wildman–Crippen MR) is 95.4 cm³/mol. The molecule has 0 N–H and O–H groups in total. The molecule has 0 aliphatic carbocycles. The number of amides is 1. The molecule has 2 aromatic rings. The number of hydrogen-bond acceptors (Lipinski definition) is 4. The second-order valence-electron chi connectivity index (χ2n) is 6.03. The first kappa shape index (κ1) is 16.9. The standard InChI is InChI=1S/C18H22N2O3S/c1-3-14-10-19(8-9-23-14)17(21)11-20-16(12-24-18(20)22)15-7-5-4-6-13(15)2/h4-7,12,14H,3,8-11H2,1-2H3/t14-/m1/s1. The fourth-order valence-corrected chi connectivity index (χ4v) is 3.74. The van der Waals surface area contributed by atoms with Gasteiger partial charge in [0.25, 0.3) is 0 Å². The van der Waals surface area contributed by atoms with Crippen LogP contribution in [0.4, 0.5) is 0 Å². The van der Waals surface area contributed by atoms with E-state index in [1.165, 1.54) is 0 Å². The Morgan fingerprint density at radius 2 is 2.17 bits per heavy atom. The molecule has 1 amide bonds. The lowest BCUT2D eigenvalue weighted by molar-refractivity contribution is -0.139. The van der Waals surface area contributed by atoms with Crippen LogP contribution in [0.1, 0.15) is 18.9 Å². The average molecular weight is 346 g/mol. The van der Waals surface area contributed by atoms with E-state index in [2.05, 4.69) is 6.92 Å². The fraction of sp³-hybridized carbons (Fsp3) is 0.444. The summed E-state index contributed by atoms with van der Waals surface area (Å²) in [5.41, 5.74) is 2.91. The molecule has 0 bridgehead atoms. The summed E-state index contributed by atoms with van der Waals surface area (Å²) in [6, 6.07) is 7.92. The number of hydrogen-bond donors (Lipinski definition) is 0. The Hall–Kier alpha value is -1.92. The minimum Gasteiger partial charge on any atom is -0.375 e. The van der Waals surface area contributed by atoms with Crippen molar-refractivity contribution in [2.45, 2.75) is 32.9 Å². The summed E-state index contributed by atoms with van der Waals surface area (Å²) in [5.74, 6) is -0.0212. The summed E-state index contributed by atoms with van der Waals surface area (Å²) in [5, 5.41) is 1.84. The van der Waals surface area contributed by atoms with Crippen molar-refractivity contribution in [3.63, 3.8) is 0 Å². The van der Waals surface area contributed by atoms with Crippen LogP contribution in [-0.2, 0) is 16.1 Å². The normalized spacial score (nSPS) is 17.9. The van der Waals surface area contributed by atoms with Gasteiger partial charge in [0.1, 0.15) is 6.54 Å². The highest BCUT2D eigenvalue weighted by molar-refractivity contribution is 7.07. The second kappa shape index (κ2) is 7.32. The van der Waals surface area contributed by atoms with Crippen LogP contribution in [0.5, 0.6) is 0 Å². The van der Waals surface area contributed by atoms with Crippen molar-refractivity contribution < 1.29 is 9.53 Å². The number of nitrogens with zero attached hydrogens (tertiary/aromatic N) is 2. The molecule has 0 unspecified atom stereocenters. The number of carbonyl (C=O) groups excluding carboxylic acids is 1. The molecule has 1 atom stereocenters. The zero-order valence-corrected chi connectivity index (χ0v) is 14.8. The maximum atomic E-state index is 12.7. The van der Waals surface area contributed by atoms with Gasteiger partial charge in [-0.25, -0.2) is 0 Å². The smallest absolute Gasteiger partial charge is 0.308 e. The van der Waals surface area contributed by atoms with E-state index in [9.17, 15) is 9.59 Å². The number of morpholine rings is 1. The van der Waals surface area contributed by atoms with Crippen molar-refractivity contribution in [1.82, 2.24) is 9.47 Å². The van der Waals surface area contributed by atoms with Crippen LogP contribution in [-0.4, -0.2) is 41.2 Å². The van der Waals surface area contributed by atoms with Crippen molar-refractivity contribution >= 4 is 17.2 Å². The minimum absolute atomic E-state index is 0.0212. The first-order valence-corrected chi connectivity index (χ1v) is 9.11. The quantitative estimate of drug-likeness (QED) is 0.855. The topological polar surface area (TPSA) is 51.5 Å². The van der Waals surface area contributed by atoms with Gasteiger partial charge in [0.05, 0.1) is 18.4 Å². The van der Waals surface area contributed by atoms with Gasteiger partial charge in [0.2, 0.25) is 5.91 Å². The number of aryl methyl sites for hydroxylation is 1. The van der Waals surface area contributed by atoms with Gasteiger partial charge < -0.3 is 9.64 Å². The second-order valence-corrected chi connectivity index (χ2v) is 6.85. The van der Waals surface area contributed by atoms with Crippen LogP contribution >= 0.6 is 11.3 Å². The van der Waals surface area contributed by atoms with E-state index in [0.29, 0.717) is 19.7 Å². The number of thiazole rings is 1. The summed E-state index contributed by atoms with van der Waals surface area (Å²) in [6.45, 7) is 5.91. The Balaban J connectivity index is 1.83. The Kier molecular flexibility index (Phi) is 5.16. The third-order valence-corrected chi connectivity index (χ3v) is 5.21. The molecule has 1 aliphatic heterocycles. The molecule has 24 heavy (non-hydrogen) atoms. The van der Waals surface area contributed by atoms with Crippen LogP contribution in [0.3, 0.4) is 0 Å². The predicted octanol–water partition coefficient (Wildman–Crippen LogP) is 2.52. The molecule has 0 saturated carbocycles. The lowest BCUT2D eigenvalue weighted by Crippen LogP contribution is -2.47. The molecular weight excluding hydrogens is 324 g/mol. The number of benzene rings is 1. The van der Waals surface area contributed by atoms with Crippen molar-refractivity contribution in [1.29, 1.82) is 0 Å². The van der Waals surface area contributed by atoms with Gasteiger partial charge in [0, 0.05) is 24.0 Å². The van der Waals surface area contributed by atoms with Crippen LogP contribution < -0.4 is 4.87 Å². The Labute approximate surface area is 145 Å². The SMILES string of the molecule is CC[C@@H]1CN(C(=O)Cn2c(-c3ccccc3C)csc2=O)CCO1. The zero-order valence-electron chi connectivity index (χ0n) is 14.0. The highest BCUT2D eigenvalue weighted by Gasteiger charge is 2.24. The number of aromatic nitrogens is 1. The van der Waals surface area contributed by atoms with Gasteiger partial charge >= 0.3 is 4.87 Å². The Bertz CT molecular complexity index is 781. The molecule has 1 saturated heterocycles. The van der Waals surface area contributed by atoms with Gasteiger partial charge in [-0.05, 0) is 18.9 Å². The largest absolute Gasteiger partial charge is 0.375 e. The number of carbonyl (C=O) groups is 1. The van der Waals surface area contributed by atoms with E-state index in [1.807, 2.05) is 41.5 Å². The fourth-order valence-electron chi connectivity index (χ4n) is 2.98. The van der Waals surface area contributed by atoms with E-state index in [0.717, 1.165) is 34.6 Å². The minimum atomic E-state index is -0.0955. The van der Waals surface area contributed by atoms with Gasteiger partial charge in [-0.3, -0.25) is 14.2 Å². The van der Waals surface area contributed by atoms with Crippen molar-refractivity contribution in [2.75, 3.05) is 19.7 Å². The molecule has 6 heteroatoms. The number of rotatable bonds is 4. The molecule has 1 fully saturated rings. The molecule has 1 aliphatic rings. The molecule has 1 aromatic carbocycles. The molecule has 2 heterocycles. The molecular formula is C18H22N2O3S. The maximum absolute atomic E-state index is 12.7. The van der Waals surface area contributed by atoms with Crippen LogP contribution in [0.15, 0.2) is 34.4 Å². The summed E-state index contributed by atoms with van der Waals surface area (Å²) in [4.78, 5) is 26.6. The van der Waals surface area contributed by atoms with E-state index in [-0.39, 0.29) is 23.4 Å². The van der Waals surface area contributed by atoms with Crippen molar-refractivity contribution in [3.8, 4) is 11.3 Å². The first-order chi connectivity index (χ1) is 11.6. The summed E-state index contributed by atoms with van der Waals surface area (Å²) >= 11 is 1.14. The van der Waals surface area contributed by atoms with Gasteiger partial charge in [-0.15, -0.1) is 0 Å². The van der Waals surface area contributed by atoms with Gasteiger partial charge in [-0.2, -0.15) is 0 Å². The Morgan fingerprint density at radius 1 is 1.38 bits per heavy atom. The van der Waals surface area contributed by atoms with Gasteiger partial charge in [0.15, 0.2) is 0 Å². The summed E-state index contributed by atoms with van der Waals surface area (Å²) in [7, 11) is 0. The monoisotopic (exact) mass is 346 g/mol. The summed E-state index contributed by atoms with van der Waals surface area (Å²) in [6.07, 6.45) is 0.981. The van der Waals surface area contributed by atoms with E-state index in [4.69, 9.17) is 4.74 Å². The molecule has 3 rings (SSSR count). The van der Waals surface area contributed by atoms with Crippen molar-refractivity contribution in [3.05, 3.63) is 44.9 Å². The highest BCUT2D eigenvalue weighted by Crippen LogP contribution is 2.23. The van der Waals surface area contributed by atoms with Crippen LogP contribution in [0.25, 0.3) is 11.3 Å². The third-order valence-electron chi connectivity index (χ3n) is 4.44. The first-order valence-electron chi connectivity index (χ1n) is 8.24. The third kappa shape index (κ3) is 3.44. The average Bonchev–Trinajstić information content (AvgIpc) is 2.96. The number of ether oxygens (including phenoxy) is 1. The van der Waals surface area contributed by atoms with Crippen molar-refractivity contribution in [2.24, 2.45) is 0 Å². The maximum Gasteiger partial charge on any atom is 0.308 e. The lowest BCUT2D eigenvalue weighted by Gasteiger charge is -2.32. The van der Waals surface area contributed by atoms with Gasteiger partial charge in [-0.1, -0.05) is 42.5 Å². The molecule has 128 valence electrons. The summed E-state index contributed by atoms with van der Waals surface area (Å²) < 4.78 is 7.20. The molecule has 0 spiro atoms. The van der Waals surface area contributed by atoms with E-state index in [1.54, 1.807) is 4.57 Å². The molecule has 5 nitrogen and oxygen atoms in total.